The van der Waals surface area contributed by atoms with Crippen LogP contribution in [0.2, 0.25) is 0 Å². The van der Waals surface area contributed by atoms with E-state index in [-0.39, 0.29) is 17.3 Å². The summed E-state index contributed by atoms with van der Waals surface area (Å²) >= 11 is 0. The average Bonchev–Trinajstić information content (AvgIpc) is 3.23. The average molecular weight is 441 g/mol. The van der Waals surface area contributed by atoms with E-state index in [2.05, 4.69) is 20.8 Å². The van der Waals surface area contributed by atoms with Crippen molar-refractivity contribution in [3.05, 3.63) is 0 Å². The molecule has 0 aromatic heterocycles. The van der Waals surface area contributed by atoms with Gasteiger partial charge >= 0.3 is 0 Å². The lowest BCUT2D eigenvalue weighted by Crippen LogP contribution is -2.52. The van der Waals surface area contributed by atoms with Crippen molar-refractivity contribution in [2.45, 2.75) is 109 Å². The van der Waals surface area contributed by atoms with Crippen molar-refractivity contribution >= 4 is 21.6 Å². The second-order valence-corrected chi connectivity index (χ2v) is 13.7. The van der Waals surface area contributed by atoms with Crippen LogP contribution in [-0.4, -0.2) is 40.7 Å². The van der Waals surface area contributed by atoms with E-state index >= 15 is 0 Å². The molecule has 5 fully saturated rings. The van der Waals surface area contributed by atoms with Crippen molar-refractivity contribution < 1.29 is 14.6 Å². The van der Waals surface area contributed by atoms with E-state index in [1.165, 1.54) is 44.9 Å². The fourth-order valence-electron chi connectivity index (χ4n) is 7.89. The summed E-state index contributed by atoms with van der Waals surface area (Å²) in [6, 6.07) is 0. The predicted octanol–water partition coefficient (Wildman–Crippen LogP) is 6.05. The van der Waals surface area contributed by atoms with Crippen molar-refractivity contribution in [1.29, 1.82) is 0 Å². The lowest BCUT2D eigenvalue weighted by Gasteiger charge is -2.55. The zero-order valence-electron chi connectivity index (χ0n) is 18.5. The number of fused-ring (bicyclic) bond motifs is 3. The lowest BCUT2D eigenvalue weighted by atomic mass is 9.52. The molecule has 8 unspecified atom stereocenters. The Morgan fingerprint density at radius 1 is 0.897 bits per heavy atom. The molecule has 0 bridgehead atoms. The van der Waals surface area contributed by atoms with Gasteiger partial charge in [0.25, 0.3) is 0 Å². The van der Waals surface area contributed by atoms with Gasteiger partial charge in [-0.25, -0.2) is 0 Å². The Bertz CT molecular complexity index is 601. The molecule has 5 rings (SSSR count). The fraction of sp³-hybridized carbons (Fsp3) is 1.00. The highest BCUT2D eigenvalue weighted by molar-refractivity contribution is 8.76. The Morgan fingerprint density at radius 3 is 2.28 bits per heavy atom. The third-order valence-corrected chi connectivity index (χ3v) is 12.3. The molecule has 2 heterocycles. The SMILES string of the molecule is CCCC1CC(O)CCC1(C)C1CCC2(C)C(CCC23OC2CSSCC2O3)C1. The molecule has 0 radical (unpaired) electrons. The Labute approximate surface area is 185 Å². The highest BCUT2D eigenvalue weighted by atomic mass is 33.1. The van der Waals surface area contributed by atoms with E-state index in [9.17, 15) is 5.11 Å². The van der Waals surface area contributed by atoms with Gasteiger partial charge in [0.05, 0.1) is 18.3 Å². The van der Waals surface area contributed by atoms with E-state index in [4.69, 9.17) is 9.47 Å². The normalized spacial score (nSPS) is 55.0. The molecule has 2 saturated heterocycles. The monoisotopic (exact) mass is 440 g/mol. The first-order valence-corrected chi connectivity index (χ1v) is 14.7. The molecule has 8 atom stereocenters. The summed E-state index contributed by atoms with van der Waals surface area (Å²) in [7, 11) is 3.91. The Morgan fingerprint density at radius 2 is 1.59 bits per heavy atom. The second kappa shape index (κ2) is 7.86. The lowest BCUT2D eigenvalue weighted by molar-refractivity contribution is -0.247. The minimum absolute atomic E-state index is 0.0670. The van der Waals surface area contributed by atoms with Crippen LogP contribution >= 0.6 is 21.6 Å². The van der Waals surface area contributed by atoms with E-state index < -0.39 is 0 Å². The number of aliphatic hydroxyl groups is 1. The van der Waals surface area contributed by atoms with Crippen molar-refractivity contribution in [2.75, 3.05) is 11.5 Å². The maximum absolute atomic E-state index is 10.3. The van der Waals surface area contributed by atoms with Gasteiger partial charge in [-0.1, -0.05) is 55.2 Å². The number of ether oxygens (including phenoxy) is 2. The van der Waals surface area contributed by atoms with Gasteiger partial charge in [0.1, 0.15) is 0 Å². The van der Waals surface area contributed by atoms with Crippen LogP contribution in [0, 0.1) is 28.6 Å². The molecule has 0 amide bonds. The van der Waals surface area contributed by atoms with Gasteiger partial charge in [0.2, 0.25) is 0 Å². The molecule has 166 valence electrons. The molecule has 0 aromatic rings. The predicted molar refractivity (Wildman–Crippen MR) is 122 cm³/mol. The topological polar surface area (TPSA) is 38.7 Å². The first kappa shape index (κ1) is 21.4. The smallest absolute Gasteiger partial charge is 0.174 e. The molecule has 29 heavy (non-hydrogen) atoms. The Kier molecular flexibility index (Phi) is 5.81. The van der Waals surface area contributed by atoms with Gasteiger partial charge in [0, 0.05) is 23.3 Å². The van der Waals surface area contributed by atoms with Crippen LogP contribution in [-0.2, 0) is 9.47 Å². The molecule has 2 aliphatic heterocycles. The number of rotatable bonds is 3. The zero-order valence-corrected chi connectivity index (χ0v) is 20.2. The van der Waals surface area contributed by atoms with Crippen molar-refractivity contribution in [1.82, 2.24) is 0 Å². The van der Waals surface area contributed by atoms with Crippen molar-refractivity contribution in [2.24, 2.45) is 28.6 Å². The number of hydrogen-bond donors (Lipinski definition) is 1. The molecule has 3 aliphatic carbocycles. The number of aliphatic hydroxyl groups excluding tert-OH is 1. The molecule has 1 N–H and O–H groups in total. The Hall–Kier alpha value is 0.580. The molecule has 5 aliphatic rings. The standard InChI is InChI=1S/C24H40O3S2/c1-4-5-16-13-19(25)8-9-22(16,2)17-6-10-23(3)18(12-17)7-11-24(23)26-20-14-28-29-15-21(20)27-24/h16-21,25H,4-15H2,1-3H3. The van der Waals surface area contributed by atoms with Crippen LogP contribution in [0.25, 0.3) is 0 Å². The number of hydrogen-bond acceptors (Lipinski definition) is 5. The first-order chi connectivity index (χ1) is 13.9. The van der Waals surface area contributed by atoms with E-state index in [1.807, 2.05) is 21.6 Å². The molecule has 3 nitrogen and oxygen atoms in total. The molecule has 5 heteroatoms. The molecular weight excluding hydrogens is 400 g/mol. The summed E-state index contributed by atoms with van der Waals surface area (Å²) in [6.45, 7) is 7.38. The maximum Gasteiger partial charge on any atom is 0.174 e. The molecule has 3 saturated carbocycles. The van der Waals surface area contributed by atoms with Crippen LogP contribution in [0.3, 0.4) is 0 Å². The quantitative estimate of drug-likeness (QED) is 0.541. The van der Waals surface area contributed by atoms with Crippen molar-refractivity contribution in [3.63, 3.8) is 0 Å². The van der Waals surface area contributed by atoms with E-state index in [0.717, 1.165) is 42.6 Å². The van der Waals surface area contributed by atoms with E-state index in [0.29, 0.717) is 23.5 Å². The van der Waals surface area contributed by atoms with Crippen LogP contribution in [0.1, 0.15) is 85.0 Å². The summed E-state index contributed by atoms with van der Waals surface area (Å²) in [5.41, 5.74) is 0.589. The van der Waals surface area contributed by atoms with Gasteiger partial charge in [-0.05, 0) is 68.1 Å². The van der Waals surface area contributed by atoms with Gasteiger partial charge in [0.15, 0.2) is 5.79 Å². The van der Waals surface area contributed by atoms with Gasteiger partial charge in [-0.15, -0.1) is 0 Å². The fourth-order valence-corrected chi connectivity index (χ4v) is 10.3. The van der Waals surface area contributed by atoms with Crippen LogP contribution in [0.5, 0.6) is 0 Å². The van der Waals surface area contributed by atoms with Crippen LogP contribution in [0.4, 0.5) is 0 Å². The zero-order chi connectivity index (χ0) is 20.3. The summed E-state index contributed by atoms with van der Waals surface area (Å²) in [6.07, 6.45) is 12.6. The highest BCUT2D eigenvalue weighted by Crippen LogP contribution is 2.66. The minimum atomic E-state index is -0.310. The van der Waals surface area contributed by atoms with E-state index in [1.54, 1.807) is 0 Å². The third kappa shape index (κ3) is 3.35. The van der Waals surface area contributed by atoms with Crippen molar-refractivity contribution in [3.8, 4) is 0 Å². The summed E-state index contributed by atoms with van der Waals surface area (Å²) in [5, 5.41) is 10.3. The molecule has 1 spiro atoms. The minimum Gasteiger partial charge on any atom is -0.393 e. The summed E-state index contributed by atoms with van der Waals surface area (Å²) in [4.78, 5) is 0. The first-order valence-electron chi connectivity index (χ1n) is 12.2. The summed E-state index contributed by atoms with van der Waals surface area (Å²) < 4.78 is 13.6. The molecule has 0 aromatic carbocycles. The highest BCUT2D eigenvalue weighted by Gasteiger charge is 2.66. The third-order valence-electron chi connectivity index (χ3n) is 9.90. The second-order valence-electron chi connectivity index (χ2n) is 11.2. The largest absolute Gasteiger partial charge is 0.393 e. The van der Waals surface area contributed by atoms with Crippen LogP contribution in [0.15, 0.2) is 0 Å². The maximum atomic E-state index is 10.3. The Balaban J connectivity index is 1.33. The summed E-state index contributed by atoms with van der Waals surface area (Å²) in [5.74, 6) is 4.08. The van der Waals surface area contributed by atoms with Gasteiger partial charge in [-0.3, -0.25) is 0 Å². The molecular formula is C24H40O3S2. The van der Waals surface area contributed by atoms with Crippen LogP contribution < -0.4 is 0 Å². The van der Waals surface area contributed by atoms with Gasteiger partial charge in [-0.2, -0.15) is 0 Å². The van der Waals surface area contributed by atoms with Gasteiger partial charge < -0.3 is 14.6 Å².